The molecule has 2 N–H and O–H groups in total. The summed E-state index contributed by atoms with van der Waals surface area (Å²) in [5.74, 6) is -0.495. The molecule has 7 heteroatoms. The molecule has 6 nitrogen and oxygen atoms in total. The molecule has 0 atom stereocenters. The quantitative estimate of drug-likeness (QED) is 0.779. The lowest BCUT2D eigenvalue weighted by atomic mass is 9.95. The number of likely N-dealkylation sites (tertiary alicyclic amines) is 1. The number of hydrogen-bond acceptors (Lipinski definition) is 3. The average Bonchev–Trinajstić information content (AvgIpc) is 2.58. The Labute approximate surface area is 162 Å². The first-order valence-electron chi connectivity index (χ1n) is 8.79. The van der Waals surface area contributed by atoms with E-state index in [2.05, 4.69) is 26.6 Å². The summed E-state index contributed by atoms with van der Waals surface area (Å²) in [5, 5.41) is 5.51. The smallest absolute Gasteiger partial charge is 0.253 e. The van der Waals surface area contributed by atoms with Crippen molar-refractivity contribution in [2.24, 2.45) is 5.92 Å². The zero-order valence-electron chi connectivity index (χ0n) is 15.5. The van der Waals surface area contributed by atoms with E-state index in [1.165, 1.54) is 0 Å². The van der Waals surface area contributed by atoms with Crippen molar-refractivity contribution >= 4 is 33.7 Å². The summed E-state index contributed by atoms with van der Waals surface area (Å²) in [6, 6.07) is 7.27. The second kappa shape index (κ2) is 8.66. The third-order valence-electron chi connectivity index (χ3n) is 4.18. The van der Waals surface area contributed by atoms with Crippen molar-refractivity contribution in [3.63, 3.8) is 0 Å². The van der Waals surface area contributed by atoms with Crippen molar-refractivity contribution in [2.75, 3.05) is 19.6 Å². The molecular weight excluding hydrogens is 398 g/mol. The van der Waals surface area contributed by atoms with Crippen molar-refractivity contribution in [3.05, 3.63) is 34.3 Å². The lowest BCUT2D eigenvalue weighted by Gasteiger charge is -2.31. The lowest BCUT2D eigenvalue weighted by molar-refractivity contribution is -0.130. The normalized spacial score (nSPS) is 15.5. The Morgan fingerprint density at radius 1 is 1.12 bits per heavy atom. The first-order chi connectivity index (χ1) is 12.2. The maximum Gasteiger partial charge on any atom is 0.253 e. The van der Waals surface area contributed by atoms with Crippen LogP contribution in [-0.2, 0) is 9.59 Å². The number of carbonyl (C=O) groups is 3. The highest BCUT2D eigenvalue weighted by Gasteiger charge is 2.28. The van der Waals surface area contributed by atoms with E-state index in [1.807, 2.05) is 32.9 Å². The van der Waals surface area contributed by atoms with Crippen LogP contribution in [0.25, 0.3) is 0 Å². The molecule has 1 aromatic carbocycles. The molecule has 0 unspecified atom stereocenters. The topological polar surface area (TPSA) is 78.5 Å². The Kier molecular flexibility index (Phi) is 6.81. The van der Waals surface area contributed by atoms with Gasteiger partial charge in [0.25, 0.3) is 5.91 Å². The Bertz CT molecular complexity index is 660. The van der Waals surface area contributed by atoms with Crippen LogP contribution in [0, 0.1) is 5.92 Å². The first kappa shape index (κ1) is 20.4. The van der Waals surface area contributed by atoms with Gasteiger partial charge in [0.2, 0.25) is 11.8 Å². The number of halogens is 1. The zero-order chi connectivity index (χ0) is 19.3. The average molecular weight is 424 g/mol. The highest BCUT2D eigenvalue weighted by Crippen LogP contribution is 2.20. The van der Waals surface area contributed by atoms with Crippen molar-refractivity contribution in [1.29, 1.82) is 0 Å². The maximum atomic E-state index is 12.5. The van der Waals surface area contributed by atoms with E-state index in [4.69, 9.17) is 0 Å². The molecule has 1 fully saturated rings. The molecule has 0 spiro atoms. The Hall–Kier alpha value is -1.89. The maximum absolute atomic E-state index is 12.5. The monoisotopic (exact) mass is 423 g/mol. The van der Waals surface area contributed by atoms with Crippen LogP contribution in [0.15, 0.2) is 28.7 Å². The van der Waals surface area contributed by atoms with Gasteiger partial charge in [0.05, 0.1) is 6.54 Å². The fourth-order valence-corrected chi connectivity index (χ4v) is 3.16. The molecule has 142 valence electrons. The predicted molar refractivity (Wildman–Crippen MR) is 104 cm³/mol. The van der Waals surface area contributed by atoms with Crippen molar-refractivity contribution in [2.45, 2.75) is 39.2 Å². The van der Waals surface area contributed by atoms with E-state index < -0.39 is 0 Å². The molecular formula is C19H26BrN3O3. The minimum Gasteiger partial charge on any atom is -0.350 e. The van der Waals surface area contributed by atoms with Gasteiger partial charge in [-0.15, -0.1) is 0 Å². The van der Waals surface area contributed by atoms with Crippen molar-refractivity contribution < 1.29 is 14.4 Å². The fourth-order valence-electron chi connectivity index (χ4n) is 2.89. The molecule has 26 heavy (non-hydrogen) atoms. The summed E-state index contributed by atoms with van der Waals surface area (Å²) in [7, 11) is 0. The van der Waals surface area contributed by atoms with Crippen LogP contribution >= 0.6 is 15.9 Å². The molecule has 1 aliphatic heterocycles. The SMILES string of the molecule is CC(C)(C)NC(=O)CNC(=O)C1CCN(C(=O)c2ccc(Br)cc2)CC1. The number of nitrogens with one attached hydrogen (secondary N) is 2. The number of rotatable bonds is 4. The third-order valence-corrected chi connectivity index (χ3v) is 4.71. The number of hydrogen-bond donors (Lipinski definition) is 2. The van der Waals surface area contributed by atoms with Gasteiger partial charge in [0.1, 0.15) is 0 Å². The van der Waals surface area contributed by atoms with Gasteiger partial charge in [-0.2, -0.15) is 0 Å². The second-order valence-electron chi connectivity index (χ2n) is 7.59. The Morgan fingerprint density at radius 2 is 1.69 bits per heavy atom. The van der Waals surface area contributed by atoms with Crippen LogP contribution in [0.4, 0.5) is 0 Å². The van der Waals surface area contributed by atoms with Gasteiger partial charge in [-0.1, -0.05) is 15.9 Å². The number of benzene rings is 1. The summed E-state index contributed by atoms with van der Waals surface area (Å²) >= 11 is 3.36. The summed E-state index contributed by atoms with van der Waals surface area (Å²) in [6.07, 6.45) is 1.21. The highest BCUT2D eigenvalue weighted by atomic mass is 79.9. The second-order valence-corrected chi connectivity index (χ2v) is 8.51. The van der Waals surface area contributed by atoms with Crippen LogP contribution in [-0.4, -0.2) is 47.8 Å². The van der Waals surface area contributed by atoms with Crippen LogP contribution < -0.4 is 10.6 Å². The molecule has 1 saturated heterocycles. The molecule has 0 aliphatic carbocycles. The van der Waals surface area contributed by atoms with E-state index in [9.17, 15) is 14.4 Å². The van der Waals surface area contributed by atoms with E-state index >= 15 is 0 Å². The summed E-state index contributed by atoms with van der Waals surface area (Å²) in [4.78, 5) is 38.3. The van der Waals surface area contributed by atoms with E-state index in [1.54, 1.807) is 17.0 Å². The molecule has 1 aliphatic rings. The Balaban J connectivity index is 1.78. The number of carbonyl (C=O) groups excluding carboxylic acids is 3. The van der Waals surface area contributed by atoms with Gasteiger partial charge >= 0.3 is 0 Å². The summed E-state index contributed by atoms with van der Waals surface area (Å²) in [5.41, 5.74) is 0.329. The predicted octanol–water partition coefficient (Wildman–Crippen LogP) is 2.33. The molecule has 0 radical (unpaired) electrons. The summed E-state index contributed by atoms with van der Waals surface area (Å²) < 4.78 is 0.930. The fraction of sp³-hybridized carbons (Fsp3) is 0.526. The number of piperidine rings is 1. The van der Waals surface area contributed by atoms with E-state index in [-0.39, 0.29) is 35.7 Å². The van der Waals surface area contributed by atoms with Gasteiger partial charge in [-0.05, 0) is 57.9 Å². The van der Waals surface area contributed by atoms with Crippen LogP contribution in [0.5, 0.6) is 0 Å². The minimum atomic E-state index is -0.319. The van der Waals surface area contributed by atoms with E-state index in [0.29, 0.717) is 31.5 Å². The Morgan fingerprint density at radius 3 is 2.23 bits per heavy atom. The van der Waals surface area contributed by atoms with Gasteiger partial charge in [-0.3, -0.25) is 14.4 Å². The standard InChI is InChI=1S/C19H26BrN3O3/c1-19(2,3)22-16(24)12-21-17(25)13-8-10-23(11-9-13)18(26)14-4-6-15(20)7-5-14/h4-7,13H,8-12H2,1-3H3,(H,21,25)(H,22,24). The molecule has 0 bridgehead atoms. The molecule has 0 aromatic heterocycles. The van der Waals surface area contributed by atoms with Crippen LogP contribution in [0.2, 0.25) is 0 Å². The molecule has 1 heterocycles. The molecule has 2 rings (SSSR count). The van der Waals surface area contributed by atoms with Crippen LogP contribution in [0.1, 0.15) is 44.0 Å². The van der Waals surface area contributed by atoms with Gasteiger partial charge in [0.15, 0.2) is 0 Å². The zero-order valence-corrected chi connectivity index (χ0v) is 17.1. The third kappa shape index (κ3) is 6.12. The molecule has 3 amide bonds. The summed E-state index contributed by atoms with van der Waals surface area (Å²) in [6.45, 7) is 6.75. The van der Waals surface area contributed by atoms with Gasteiger partial charge in [0, 0.05) is 34.6 Å². The molecule has 0 saturated carbocycles. The van der Waals surface area contributed by atoms with Crippen LogP contribution in [0.3, 0.4) is 0 Å². The first-order valence-corrected chi connectivity index (χ1v) is 9.58. The van der Waals surface area contributed by atoms with Crippen molar-refractivity contribution in [1.82, 2.24) is 15.5 Å². The number of nitrogens with zero attached hydrogens (tertiary/aromatic N) is 1. The van der Waals surface area contributed by atoms with E-state index in [0.717, 1.165) is 4.47 Å². The molecule has 1 aromatic rings. The van der Waals surface area contributed by atoms with Gasteiger partial charge in [-0.25, -0.2) is 0 Å². The number of amides is 3. The highest BCUT2D eigenvalue weighted by molar-refractivity contribution is 9.10. The lowest BCUT2D eigenvalue weighted by Crippen LogP contribution is -2.48. The van der Waals surface area contributed by atoms with Gasteiger partial charge < -0.3 is 15.5 Å². The minimum absolute atomic E-state index is 0.0130. The van der Waals surface area contributed by atoms with Crippen molar-refractivity contribution in [3.8, 4) is 0 Å². The largest absolute Gasteiger partial charge is 0.350 e.